The summed E-state index contributed by atoms with van der Waals surface area (Å²) >= 11 is 3.02. The summed E-state index contributed by atoms with van der Waals surface area (Å²) in [6, 6.07) is 12.4. The predicted molar refractivity (Wildman–Crippen MR) is 137 cm³/mol. The molecular weight excluding hydrogens is 454 g/mol. The van der Waals surface area contributed by atoms with E-state index in [0.717, 1.165) is 33.0 Å². The summed E-state index contributed by atoms with van der Waals surface area (Å²) in [5, 5.41) is 25.0. The lowest BCUT2D eigenvalue weighted by atomic mass is 10.0. The number of benzene rings is 1. The predicted octanol–water partition coefficient (Wildman–Crippen LogP) is 7.31. The Labute approximate surface area is 201 Å². The van der Waals surface area contributed by atoms with E-state index in [1.807, 2.05) is 43.5 Å². The number of aromatic nitrogens is 2. The number of carboxylic acids is 1. The smallest absolute Gasteiger partial charge is 0.339 e. The fourth-order valence-electron chi connectivity index (χ4n) is 3.17. The van der Waals surface area contributed by atoms with Gasteiger partial charge in [0.25, 0.3) is 0 Å². The van der Waals surface area contributed by atoms with Gasteiger partial charge in [0.05, 0.1) is 5.69 Å². The Hall–Kier alpha value is -3.23. The molecule has 3 N–H and O–H groups in total. The number of rotatable bonds is 7. The van der Waals surface area contributed by atoms with Crippen LogP contribution in [0.25, 0.3) is 21.7 Å². The average molecular weight is 482 g/mol. The number of nitrogens with zero attached hydrogens (tertiary/aromatic N) is 2. The first-order chi connectivity index (χ1) is 15.9. The molecule has 8 heteroatoms. The van der Waals surface area contributed by atoms with Gasteiger partial charge in [-0.3, -0.25) is 0 Å². The molecule has 0 amide bonds. The van der Waals surface area contributed by atoms with Crippen LogP contribution in [0.1, 0.15) is 42.9 Å². The van der Waals surface area contributed by atoms with E-state index in [2.05, 4.69) is 24.1 Å². The lowest BCUT2D eigenvalue weighted by Gasteiger charge is -2.07. The topological polar surface area (TPSA) is 95.3 Å². The summed E-state index contributed by atoms with van der Waals surface area (Å²) in [7, 11) is 0. The van der Waals surface area contributed by atoms with Crippen molar-refractivity contribution in [3.05, 3.63) is 64.5 Å². The molecule has 0 saturated heterocycles. The zero-order valence-electron chi connectivity index (χ0n) is 19.0. The van der Waals surface area contributed by atoms with Crippen molar-refractivity contribution in [2.75, 3.05) is 5.32 Å². The molecule has 3 heterocycles. The van der Waals surface area contributed by atoms with Gasteiger partial charge in [-0.15, -0.1) is 22.7 Å². The molecule has 0 saturated carbocycles. The average Bonchev–Trinajstić information content (AvgIpc) is 3.46. The minimum atomic E-state index is -1.05. The van der Waals surface area contributed by atoms with E-state index in [1.54, 1.807) is 24.4 Å². The third kappa shape index (κ3) is 5.97. The number of carbonyl (C=O) groups is 1. The molecule has 0 aliphatic carbocycles. The van der Waals surface area contributed by atoms with Crippen molar-refractivity contribution in [3.63, 3.8) is 0 Å². The molecule has 3 aromatic heterocycles. The second-order valence-corrected chi connectivity index (χ2v) is 9.49. The maximum atomic E-state index is 11.9. The van der Waals surface area contributed by atoms with Gasteiger partial charge in [0.2, 0.25) is 0 Å². The Morgan fingerprint density at radius 1 is 1.12 bits per heavy atom. The highest BCUT2D eigenvalue weighted by Crippen LogP contribution is 2.36. The first-order valence-electron chi connectivity index (χ1n) is 10.7. The van der Waals surface area contributed by atoms with Crippen LogP contribution in [0.5, 0.6) is 5.75 Å². The zero-order chi connectivity index (χ0) is 24.0. The summed E-state index contributed by atoms with van der Waals surface area (Å²) in [4.78, 5) is 23.1. The number of thiophene rings is 1. The molecule has 4 rings (SSSR count). The second-order valence-electron chi connectivity index (χ2n) is 7.46. The van der Waals surface area contributed by atoms with Gasteiger partial charge in [0, 0.05) is 27.1 Å². The quantitative estimate of drug-likeness (QED) is 0.256. The third-order valence-corrected chi connectivity index (χ3v) is 6.49. The molecular formula is C25H27N3O3S2. The van der Waals surface area contributed by atoms with Crippen LogP contribution in [0.2, 0.25) is 0 Å². The molecule has 0 unspecified atom stereocenters. The second kappa shape index (κ2) is 11.1. The van der Waals surface area contributed by atoms with E-state index >= 15 is 0 Å². The zero-order valence-corrected chi connectivity index (χ0v) is 20.6. The van der Waals surface area contributed by atoms with Gasteiger partial charge in [-0.05, 0) is 54.1 Å². The van der Waals surface area contributed by atoms with Gasteiger partial charge in [-0.2, -0.15) is 0 Å². The van der Waals surface area contributed by atoms with E-state index in [1.165, 1.54) is 22.7 Å². The van der Waals surface area contributed by atoms with Gasteiger partial charge in [0.1, 0.15) is 17.1 Å². The molecule has 6 nitrogen and oxygen atoms in total. The fraction of sp³-hybridized carbons (Fsp3) is 0.240. The van der Waals surface area contributed by atoms with Crippen molar-refractivity contribution >= 4 is 39.6 Å². The highest BCUT2D eigenvalue weighted by molar-refractivity contribution is 7.16. The van der Waals surface area contributed by atoms with Crippen molar-refractivity contribution in [3.8, 4) is 27.4 Å². The van der Waals surface area contributed by atoms with E-state index in [4.69, 9.17) is 4.98 Å². The summed E-state index contributed by atoms with van der Waals surface area (Å²) in [5.41, 5.74) is 2.59. The summed E-state index contributed by atoms with van der Waals surface area (Å²) in [6.45, 7) is 8.28. The van der Waals surface area contributed by atoms with Crippen molar-refractivity contribution in [2.24, 2.45) is 5.92 Å². The van der Waals surface area contributed by atoms with Crippen LogP contribution in [-0.2, 0) is 6.42 Å². The van der Waals surface area contributed by atoms with E-state index < -0.39 is 5.97 Å². The summed E-state index contributed by atoms with van der Waals surface area (Å²) in [5.74, 6) is -0.160. The van der Waals surface area contributed by atoms with Crippen LogP contribution in [0.3, 0.4) is 0 Å². The minimum absolute atomic E-state index is 0.0951. The van der Waals surface area contributed by atoms with Gasteiger partial charge in [0.15, 0.2) is 5.13 Å². The Morgan fingerprint density at radius 2 is 1.85 bits per heavy atom. The van der Waals surface area contributed by atoms with Crippen LogP contribution in [0.4, 0.5) is 10.9 Å². The Bertz CT molecular complexity index is 1200. The molecule has 0 bridgehead atoms. The maximum Gasteiger partial charge on any atom is 0.339 e. The first-order valence-corrected chi connectivity index (χ1v) is 12.4. The number of pyridine rings is 1. The Morgan fingerprint density at radius 3 is 2.45 bits per heavy atom. The van der Waals surface area contributed by atoms with E-state index in [-0.39, 0.29) is 17.1 Å². The molecule has 4 aromatic rings. The number of phenolic OH excluding ortho intramolecular Hbond substituents is 1. The molecule has 33 heavy (non-hydrogen) atoms. The maximum absolute atomic E-state index is 11.9. The molecule has 0 atom stereocenters. The lowest BCUT2D eigenvalue weighted by Crippen LogP contribution is -2.05. The minimum Gasteiger partial charge on any atom is -0.508 e. The lowest BCUT2D eigenvalue weighted by molar-refractivity contribution is 0.0697. The van der Waals surface area contributed by atoms with Crippen LogP contribution in [0, 0.1) is 5.92 Å². The number of anilines is 2. The number of aromatic hydroxyl groups is 1. The molecule has 172 valence electrons. The number of aromatic carboxylic acids is 1. The van der Waals surface area contributed by atoms with Crippen molar-refractivity contribution < 1.29 is 15.0 Å². The third-order valence-electron chi connectivity index (χ3n) is 4.58. The molecule has 0 spiro atoms. The largest absolute Gasteiger partial charge is 0.508 e. The standard InChI is InChI=1S/C23H21N3O3S2.C2H6/c1-13(2)10-19-20(14-5-7-16(27)8-6-14)25-23(31-19)26-21-17(22(28)29)11-15(12-24-21)18-4-3-9-30-18;1-2/h3-9,11-13,27H,10H2,1-2H3,(H,28,29)(H,24,25,26);1-2H3. The van der Waals surface area contributed by atoms with Gasteiger partial charge >= 0.3 is 5.97 Å². The molecule has 0 radical (unpaired) electrons. The SMILES string of the molecule is CC.CC(C)Cc1sc(Nc2ncc(-c3cccs3)cc2C(=O)O)nc1-c1ccc(O)cc1. The fourth-order valence-corrected chi connectivity index (χ4v) is 5.07. The number of hydrogen-bond acceptors (Lipinski definition) is 7. The van der Waals surface area contributed by atoms with Crippen LogP contribution >= 0.6 is 22.7 Å². The van der Waals surface area contributed by atoms with Crippen LogP contribution in [0.15, 0.2) is 54.0 Å². The summed E-state index contributed by atoms with van der Waals surface area (Å²) < 4.78 is 0. The van der Waals surface area contributed by atoms with Gasteiger partial charge in [-0.1, -0.05) is 33.8 Å². The number of thiazole rings is 1. The first kappa shape index (κ1) is 24.4. The molecule has 1 aromatic carbocycles. The van der Waals surface area contributed by atoms with Crippen LogP contribution < -0.4 is 5.32 Å². The van der Waals surface area contributed by atoms with Gasteiger partial charge < -0.3 is 15.5 Å². The van der Waals surface area contributed by atoms with Gasteiger partial charge in [-0.25, -0.2) is 14.8 Å². The normalized spacial score (nSPS) is 10.6. The Kier molecular flexibility index (Phi) is 8.19. The molecule has 0 fully saturated rings. The Balaban J connectivity index is 0.00000149. The number of carboxylic acid groups (broad SMARTS) is 1. The number of nitrogens with one attached hydrogen (secondary N) is 1. The molecule has 0 aliphatic rings. The van der Waals surface area contributed by atoms with E-state index in [0.29, 0.717) is 11.0 Å². The number of hydrogen-bond donors (Lipinski definition) is 3. The van der Waals surface area contributed by atoms with Crippen molar-refractivity contribution in [2.45, 2.75) is 34.1 Å². The van der Waals surface area contributed by atoms with Crippen molar-refractivity contribution in [1.82, 2.24) is 9.97 Å². The number of phenols is 1. The van der Waals surface area contributed by atoms with Crippen molar-refractivity contribution in [1.29, 1.82) is 0 Å². The highest BCUT2D eigenvalue weighted by Gasteiger charge is 2.18. The molecule has 0 aliphatic heterocycles. The monoisotopic (exact) mass is 481 g/mol. The van der Waals surface area contributed by atoms with Crippen LogP contribution in [-0.4, -0.2) is 26.2 Å². The summed E-state index contributed by atoms with van der Waals surface area (Å²) in [6.07, 6.45) is 2.51. The van der Waals surface area contributed by atoms with E-state index in [9.17, 15) is 15.0 Å². The highest BCUT2D eigenvalue weighted by atomic mass is 32.1.